The lowest BCUT2D eigenvalue weighted by Gasteiger charge is -2.41. The molecule has 0 unspecified atom stereocenters. The Bertz CT molecular complexity index is 375. The lowest BCUT2D eigenvalue weighted by molar-refractivity contribution is -0.270. The number of esters is 1. The molecule has 0 aromatic heterocycles. The number of carbonyl (C=O) groups is 2. The van der Waals surface area contributed by atoms with E-state index in [2.05, 4.69) is 5.32 Å². The third-order valence-corrected chi connectivity index (χ3v) is 2.65. The normalized spacial score (nSPS) is 20.9. The Morgan fingerprint density at radius 3 is 2.05 bits per heavy atom. The van der Waals surface area contributed by atoms with Gasteiger partial charge in [-0.1, -0.05) is 0 Å². The lowest BCUT2D eigenvalue weighted by atomic mass is 10.0. The number of alkyl carbamates (subject to hydrolysis) is 1. The molecule has 1 heterocycles. The molecule has 1 fully saturated rings. The van der Waals surface area contributed by atoms with Gasteiger partial charge in [0.05, 0.1) is 20.3 Å². The van der Waals surface area contributed by atoms with Crippen LogP contribution in [0.3, 0.4) is 0 Å². The molecule has 0 spiro atoms. The molecular weight excluding hydrogens is 266 g/mol. The average Bonchev–Trinajstić information content (AvgIpc) is 2.29. The van der Waals surface area contributed by atoms with Crippen molar-refractivity contribution in [2.45, 2.75) is 51.5 Å². The highest BCUT2D eigenvalue weighted by Crippen LogP contribution is 2.25. The van der Waals surface area contributed by atoms with Crippen LogP contribution in [0, 0.1) is 0 Å². The van der Waals surface area contributed by atoms with Crippen molar-refractivity contribution < 1.29 is 28.5 Å². The van der Waals surface area contributed by atoms with E-state index in [0.717, 1.165) is 0 Å². The topological polar surface area (TPSA) is 83.1 Å². The summed E-state index contributed by atoms with van der Waals surface area (Å²) < 4.78 is 20.8. The number of hydrogen-bond acceptors (Lipinski definition) is 6. The second kappa shape index (κ2) is 5.57. The minimum atomic E-state index is -1.40. The first kappa shape index (κ1) is 16.7. The fourth-order valence-corrected chi connectivity index (χ4v) is 1.61. The van der Waals surface area contributed by atoms with Crippen molar-refractivity contribution in [3.63, 3.8) is 0 Å². The largest absolute Gasteiger partial charge is 0.467 e. The number of carbonyl (C=O) groups excluding carboxylic acids is 2. The van der Waals surface area contributed by atoms with Crippen molar-refractivity contribution in [2.24, 2.45) is 0 Å². The minimum Gasteiger partial charge on any atom is -0.467 e. The van der Waals surface area contributed by atoms with Crippen LogP contribution in [0.4, 0.5) is 4.79 Å². The second-order valence-electron chi connectivity index (χ2n) is 6.18. The zero-order valence-electron chi connectivity index (χ0n) is 12.9. The molecule has 1 aliphatic rings. The Hall–Kier alpha value is -1.34. The molecule has 0 radical (unpaired) electrons. The van der Waals surface area contributed by atoms with Gasteiger partial charge in [-0.3, -0.25) is 0 Å². The molecule has 1 rings (SSSR count). The summed E-state index contributed by atoms with van der Waals surface area (Å²) in [5, 5.41) is 2.49. The number of amides is 1. The fourth-order valence-electron chi connectivity index (χ4n) is 1.61. The summed E-state index contributed by atoms with van der Waals surface area (Å²) in [6.07, 6.45) is -0.727. The van der Waals surface area contributed by atoms with E-state index in [1.54, 1.807) is 34.6 Å². The van der Waals surface area contributed by atoms with Crippen LogP contribution in [0.25, 0.3) is 0 Å². The van der Waals surface area contributed by atoms with Gasteiger partial charge in [0.2, 0.25) is 0 Å². The summed E-state index contributed by atoms with van der Waals surface area (Å²) in [5.74, 6) is -1.45. The van der Waals surface area contributed by atoms with Gasteiger partial charge in [-0.05, 0) is 34.6 Å². The molecular formula is C13H23NO6. The first-order valence-corrected chi connectivity index (χ1v) is 6.37. The Kier molecular flexibility index (Phi) is 4.66. The molecule has 0 atom stereocenters. The second-order valence-corrected chi connectivity index (χ2v) is 6.18. The molecule has 0 aromatic rings. The van der Waals surface area contributed by atoms with Crippen molar-refractivity contribution in [3.05, 3.63) is 0 Å². The van der Waals surface area contributed by atoms with Crippen molar-refractivity contribution in [1.29, 1.82) is 0 Å². The maximum Gasteiger partial charge on any atom is 0.408 e. The fraction of sp³-hybridized carbons (Fsp3) is 0.846. The Balaban J connectivity index is 2.81. The molecule has 1 amide bonds. The van der Waals surface area contributed by atoms with Gasteiger partial charge < -0.3 is 24.3 Å². The van der Waals surface area contributed by atoms with Gasteiger partial charge in [-0.25, -0.2) is 9.59 Å². The number of nitrogens with one attached hydrogen (secondary N) is 1. The third-order valence-electron chi connectivity index (χ3n) is 2.65. The molecule has 20 heavy (non-hydrogen) atoms. The maximum atomic E-state index is 11.9. The molecule has 0 bridgehead atoms. The monoisotopic (exact) mass is 289 g/mol. The van der Waals surface area contributed by atoms with Crippen molar-refractivity contribution >= 4 is 12.1 Å². The highest BCUT2D eigenvalue weighted by Gasteiger charge is 2.49. The summed E-state index contributed by atoms with van der Waals surface area (Å²) >= 11 is 0. The van der Waals surface area contributed by atoms with E-state index in [9.17, 15) is 9.59 Å². The molecule has 1 saturated heterocycles. The van der Waals surface area contributed by atoms with Crippen molar-refractivity contribution in [2.75, 3.05) is 20.3 Å². The van der Waals surface area contributed by atoms with E-state index in [-0.39, 0.29) is 13.2 Å². The van der Waals surface area contributed by atoms with E-state index in [1.807, 2.05) is 0 Å². The summed E-state index contributed by atoms with van der Waals surface area (Å²) in [6.45, 7) is 8.54. The van der Waals surface area contributed by atoms with Gasteiger partial charge in [-0.2, -0.15) is 0 Å². The SMILES string of the molecule is COC(=O)C1(NC(=O)OC(C)(C)C)COC(C)(C)OC1. The lowest BCUT2D eigenvalue weighted by Crippen LogP contribution is -2.66. The highest BCUT2D eigenvalue weighted by molar-refractivity contribution is 5.86. The standard InChI is InChI=1S/C13H23NO6/c1-11(2,3)20-10(16)14-13(9(15)17-6)7-18-12(4,5)19-8-13/h7-8H2,1-6H3,(H,14,16). The predicted octanol–water partition coefficient (Wildman–Crippen LogP) is 1.21. The van der Waals surface area contributed by atoms with E-state index in [1.165, 1.54) is 7.11 Å². The number of methoxy groups -OCH3 is 1. The van der Waals surface area contributed by atoms with Crippen LogP contribution in [0.15, 0.2) is 0 Å². The van der Waals surface area contributed by atoms with Gasteiger partial charge in [0.15, 0.2) is 11.3 Å². The molecule has 0 saturated carbocycles. The number of rotatable bonds is 2. The Labute approximate surface area is 118 Å². The van der Waals surface area contributed by atoms with Gasteiger partial charge in [0.1, 0.15) is 5.60 Å². The molecule has 7 heteroatoms. The zero-order chi connectivity index (χ0) is 15.6. The van der Waals surface area contributed by atoms with E-state index in [4.69, 9.17) is 18.9 Å². The molecule has 0 aliphatic carbocycles. The van der Waals surface area contributed by atoms with Crippen LogP contribution in [0.2, 0.25) is 0 Å². The van der Waals surface area contributed by atoms with Crippen LogP contribution >= 0.6 is 0 Å². The summed E-state index contributed by atoms with van der Waals surface area (Å²) in [4.78, 5) is 23.8. The molecule has 1 N–H and O–H groups in total. The quantitative estimate of drug-likeness (QED) is 0.769. The van der Waals surface area contributed by atoms with E-state index >= 15 is 0 Å². The van der Waals surface area contributed by atoms with Gasteiger partial charge in [0.25, 0.3) is 0 Å². The minimum absolute atomic E-state index is 0.0497. The third kappa shape index (κ3) is 4.35. The molecule has 0 aromatic carbocycles. The number of ether oxygens (including phenoxy) is 4. The van der Waals surface area contributed by atoms with E-state index < -0.39 is 29.0 Å². The van der Waals surface area contributed by atoms with Crippen molar-refractivity contribution in [3.8, 4) is 0 Å². The van der Waals surface area contributed by atoms with Crippen LogP contribution in [-0.2, 0) is 23.7 Å². The predicted molar refractivity (Wildman–Crippen MR) is 70.1 cm³/mol. The summed E-state index contributed by atoms with van der Waals surface area (Å²) in [5.41, 5.74) is -2.07. The molecule has 116 valence electrons. The van der Waals surface area contributed by atoms with Crippen LogP contribution < -0.4 is 5.32 Å². The summed E-state index contributed by atoms with van der Waals surface area (Å²) in [7, 11) is 1.24. The summed E-state index contributed by atoms with van der Waals surface area (Å²) in [6, 6.07) is 0. The van der Waals surface area contributed by atoms with Gasteiger partial charge >= 0.3 is 12.1 Å². The first-order valence-electron chi connectivity index (χ1n) is 6.37. The van der Waals surface area contributed by atoms with Crippen molar-refractivity contribution in [1.82, 2.24) is 5.32 Å². The van der Waals surface area contributed by atoms with Gasteiger partial charge in [-0.15, -0.1) is 0 Å². The van der Waals surface area contributed by atoms with Crippen LogP contribution in [0.1, 0.15) is 34.6 Å². The smallest absolute Gasteiger partial charge is 0.408 e. The zero-order valence-corrected chi connectivity index (χ0v) is 12.9. The van der Waals surface area contributed by atoms with Crippen LogP contribution in [0.5, 0.6) is 0 Å². The van der Waals surface area contributed by atoms with Gasteiger partial charge in [0, 0.05) is 0 Å². The average molecular weight is 289 g/mol. The highest BCUT2D eigenvalue weighted by atomic mass is 16.7. The maximum absolute atomic E-state index is 11.9. The Morgan fingerprint density at radius 2 is 1.65 bits per heavy atom. The Morgan fingerprint density at radius 1 is 1.15 bits per heavy atom. The molecule has 1 aliphatic heterocycles. The molecule has 7 nitrogen and oxygen atoms in total. The van der Waals surface area contributed by atoms with E-state index in [0.29, 0.717) is 0 Å². The van der Waals surface area contributed by atoms with Crippen LogP contribution in [-0.4, -0.2) is 49.3 Å². The first-order chi connectivity index (χ1) is 9.00. The number of hydrogen-bond donors (Lipinski definition) is 1.